The second-order valence-corrected chi connectivity index (χ2v) is 9.15. The topological polar surface area (TPSA) is 125 Å². The molecule has 2 aromatic heterocycles. The summed E-state index contributed by atoms with van der Waals surface area (Å²) in [5, 5.41) is 22.7. The molecule has 2 N–H and O–H groups in total. The molecule has 28 heavy (non-hydrogen) atoms. The van der Waals surface area contributed by atoms with Crippen molar-refractivity contribution in [2.24, 2.45) is 0 Å². The fourth-order valence-corrected chi connectivity index (χ4v) is 4.27. The molecule has 0 aliphatic rings. The molecule has 0 spiro atoms. The highest BCUT2D eigenvalue weighted by Crippen LogP contribution is 2.30. The lowest BCUT2D eigenvalue weighted by Crippen LogP contribution is -2.14. The maximum Gasteiger partial charge on any atom is 0.268 e. The van der Waals surface area contributed by atoms with Crippen LogP contribution < -0.4 is 10.0 Å². The molecule has 8 nitrogen and oxygen atoms in total. The van der Waals surface area contributed by atoms with E-state index in [-0.39, 0.29) is 16.4 Å². The van der Waals surface area contributed by atoms with E-state index < -0.39 is 15.9 Å². The summed E-state index contributed by atoms with van der Waals surface area (Å²) in [7, 11) is -3.51. The van der Waals surface area contributed by atoms with Gasteiger partial charge in [0.15, 0.2) is 5.01 Å². The normalized spacial score (nSPS) is 11.6. The van der Waals surface area contributed by atoms with Gasteiger partial charge in [0.2, 0.25) is 15.2 Å². The number of aromatic nitrogens is 2. The highest BCUT2D eigenvalue weighted by Gasteiger charge is 2.15. The number of amides is 1. The van der Waals surface area contributed by atoms with Crippen LogP contribution in [0.3, 0.4) is 0 Å². The molecule has 2 heterocycles. The van der Waals surface area contributed by atoms with Crippen molar-refractivity contribution in [2.75, 3.05) is 16.3 Å². The number of nitrogens with zero attached hydrogens (tertiary/aromatic N) is 3. The molecule has 0 unspecified atom stereocenters. The second kappa shape index (κ2) is 8.30. The molecule has 0 saturated carbocycles. The van der Waals surface area contributed by atoms with Crippen molar-refractivity contribution in [2.45, 2.75) is 0 Å². The van der Waals surface area contributed by atoms with E-state index in [1.165, 1.54) is 34.8 Å². The second-order valence-electron chi connectivity index (χ2n) is 5.48. The monoisotopic (exact) mass is 431 g/mol. The molecule has 0 saturated heterocycles. The fraction of sp³-hybridized carbons (Fsp3) is 0.0588. The number of hydrogen-bond donors (Lipinski definition) is 2. The standard InChI is InChI=1S/C17H13N5O3S3/c1-28(24,25)22-13-6-3-2-5-11(13)9-12(10-18)15(23)19-17-21-20-16(27-17)14-7-4-8-26-14/h2-9,22H,1H3,(H,19,21,23)/b12-9+. The molecule has 142 valence electrons. The van der Waals surface area contributed by atoms with Crippen molar-refractivity contribution in [1.82, 2.24) is 10.2 Å². The Labute approximate surface area is 169 Å². The molecule has 0 radical (unpaired) electrons. The number of sulfonamides is 1. The van der Waals surface area contributed by atoms with Gasteiger partial charge in [0, 0.05) is 5.56 Å². The first-order valence-electron chi connectivity index (χ1n) is 7.73. The Morgan fingerprint density at radius 1 is 1.21 bits per heavy atom. The van der Waals surface area contributed by atoms with Gasteiger partial charge < -0.3 is 0 Å². The fourth-order valence-electron chi connectivity index (χ4n) is 2.16. The minimum Gasteiger partial charge on any atom is -0.296 e. The summed E-state index contributed by atoms with van der Waals surface area (Å²) in [4.78, 5) is 13.4. The lowest BCUT2D eigenvalue weighted by Gasteiger charge is -2.08. The first-order valence-corrected chi connectivity index (χ1v) is 11.3. The minimum absolute atomic E-state index is 0.198. The Balaban J connectivity index is 1.82. The van der Waals surface area contributed by atoms with E-state index in [9.17, 15) is 18.5 Å². The summed E-state index contributed by atoms with van der Waals surface area (Å²) in [6, 6.07) is 12.1. The van der Waals surface area contributed by atoms with Crippen molar-refractivity contribution >= 4 is 55.5 Å². The summed E-state index contributed by atoms with van der Waals surface area (Å²) in [6.45, 7) is 0. The molecule has 0 aliphatic carbocycles. The van der Waals surface area contributed by atoms with Crippen LogP contribution in [0.25, 0.3) is 16.0 Å². The van der Waals surface area contributed by atoms with Crippen molar-refractivity contribution in [1.29, 1.82) is 5.26 Å². The van der Waals surface area contributed by atoms with Gasteiger partial charge in [-0.05, 0) is 23.6 Å². The molecule has 0 fully saturated rings. The Bertz CT molecular complexity index is 1170. The van der Waals surface area contributed by atoms with Crippen molar-refractivity contribution in [3.63, 3.8) is 0 Å². The average molecular weight is 432 g/mol. The number of nitriles is 1. The number of para-hydroxylation sites is 1. The zero-order valence-electron chi connectivity index (χ0n) is 14.4. The van der Waals surface area contributed by atoms with Crippen LogP contribution in [0, 0.1) is 11.3 Å². The SMILES string of the molecule is CS(=O)(=O)Nc1ccccc1/C=C(\C#N)C(=O)Nc1nnc(-c2cccs2)s1. The highest BCUT2D eigenvalue weighted by molar-refractivity contribution is 7.92. The van der Waals surface area contributed by atoms with Gasteiger partial charge in [0.05, 0.1) is 16.8 Å². The molecule has 0 atom stereocenters. The summed E-state index contributed by atoms with van der Waals surface area (Å²) in [5.41, 5.74) is 0.452. The zero-order valence-corrected chi connectivity index (χ0v) is 16.9. The van der Waals surface area contributed by atoms with E-state index in [4.69, 9.17) is 0 Å². The molecule has 11 heteroatoms. The van der Waals surface area contributed by atoms with E-state index in [0.29, 0.717) is 10.6 Å². The maximum absolute atomic E-state index is 12.4. The predicted molar refractivity (Wildman–Crippen MR) is 110 cm³/mol. The number of hydrogen-bond acceptors (Lipinski definition) is 8. The van der Waals surface area contributed by atoms with Crippen LogP contribution in [0.4, 0.5) is 10.8 Å². The third kappa shape index (κ3) is 5.01. The van der Waals surface area contributed by atoms with Crippen LogP contribution in [-0.4, -0.2) is 30.8 Å². The van der Waals surface area contributed by atoms with Crippen LogP contribution in [0.15, 0.2) is 47.4 Å². The molecule has 0 aliphatic heterocycles. The lowest BCUT2D eigenvalue weighted by atomic mass is 10.1. The first-order chi connectivity index (χ1) is 13.4. The van der Waals surface area contributed by atoms with Gasteiger partial charge in [-0.3, -0.25) is 14.8 Å². The molecular weight excluding hydrogens is 418 g/mol. The molecule has 1 amide bonds. The summed E-state index contributed by atoms with van der Waals surface area (Å²) >= 11 is 2.69. The van der Waals surface area contributed by atoms with Crippen molar-refractivity contribution < 1.29 is 13.2 Å². The quantitative estimate of drug-likeness (QED) is 0.456. The highest BCUT2D eigenvalue weighted by atomic mass is 32.2. The van der Waals surface area contributed by atoms with Gasteiger partial charge >= 0.3 is 0 Å². The van der Waals surface area contributed by atoms with E-state index >= 15 is 0 Å². The van der Waals surface area contributed by atoms with Crippen LogP contribution in [0.5, 0.6) is 0 Å². The Hall–Kier alpha value is -3.07. The number of rotatable bonds is 6. The number of thiophene rings is 1. The maximum atomic E-state index is 12.4. The molecular formula is C17H13N5O3S3. The van der Waals surface area contributed by atoms with Gasteiger partial charge in [-0.1, -0.05) is 35.6 Å². The summed E-state index contributed by atoms with van der Waals surface area (Å²) in [6.07, 6.45) is 2.33. The smallest absolute Gasteiger partial charge is 0.268 e. The van der Waals surface area contributed by atoms with Crippen molar-refractivity contribution in [3.8, 4) is 16.0 Å². The van der Waals surface area contributed by atoms with Crippen molar-refractivity contribution in [3.05, 3.63) is 52.9 Å². The minimum atomic E-state index is -3.51. The largest absolute Gasteiger partial charge is 0.296 e. The van der Waals surface area contributed by atoms with Gasteiger partial charge in [-0.2, -0.15) is 5.26 Å². The van der Waals surface area contributed by atoms with Crippen LogP contribution in [-0.2, 0) is 14.8 Å². The summed E-state index contributed by atoms with van der Waals surface area (Å²) < 4.78 is 25.3. The van der Waals surface area contributed by atoms with E-state index in [1.807, 2.05) is 23.6 Å². The Kier molecular flexibility index (Phi) is 5.84. The van der Waals surface area contributed by atoms with Gasteiger partial charge in [-0.25, -0.2) is 8.42 Å². The van der Waals surface area contributed by atoms with Gasteiger partial charge in [0.25, 0.3) is 5.91 Å². The third-order valence-electron chi connectivity index (χ3n) is 3.30. The number of nitrogens with one attached hydrogen (secondary N) is 2. The van der Waals surface area contributed by atoms with E-state index in [2.05, 4.69) is 20.2 Å². The number of benzene rings is 1. The molecule has 3 aromatic rings. The molecule has 3 rings (SSSR count). The van der Waals surface area contributed by atoms with E-state index in [0.717, 1.165) is 11.1 Å². The lowest BCUT2D eigenvalue weighted by molar-refractivity contribution is -0.112. The van der Waals surface area contributed by atoms with Crippen LogP contribution in [0.2, 0.25) is 0 Å². The molecule has 1 aromatic carbocycles. The van der Waals surface area contributed by atoms with Gasteiger partial charge in [0.1, 0.15) is 11.6 Å². The van der Waals surface area contributed by atoms with Crippen LogP contribution in [0.1, 0.15) is 5.56 Å². The third-order valence-corrected chi connectivity index (χ3v) is 5.77. The molecule has 0 bridgehead atoms. The Morgan fingerprint density at radius 2 is 2.00 bits per heavy atom. The number of carbonyl (C=O) groups excluding carboxylic acids is 1. The zero-order chi connectivity index (χ0) is 20.1. The predicted octanol–water partition coefficient (Wildman–Crippen LogP) is 3.18. The number of anilines is 2. The number of carbonyl (C=O) groups is 1. The van der Waals surface area contributed by atoms with Gasteiger partial charge in [-0.15, -0.1) is 21.5 Å². The van der Waals surface area contributed by atoms with Crippen LogP contribution >= 0.6 is 22.7 Å². The Morgan fingerprint density at radius 3 is 2.68 bits per heavy atom. The first kappa shape index (κ1) is 19.7. The average Bonchev–Trinajstić information content (AvgIpc) is 3.31. The van der Waals surface area contributed by atoms with E-state index in [1.54, 1.807) is 18.2 Å². The summed E-state index contributed by atoms with van der Waals surface area (Å²) in [5.74, 6) is -0.662.